The van der Waals surface area contributed by atoms with Gasteiger partial charge in [0, 0.05) is 27.1 Å². The van der Waals surface area contributed by atoms with Gasteiger partial charge >= 0.3 is 0 Å². The van der Waals surface area contributed by atoms with Crippen LogP contribution in [0.2, 0.25) is 0 Å². The lowest BCUT2D eigenvalue weighted by Crippen LogP contribution is -1.72. The fraction of sp³-hybridized carbons (Fsp3) is 0. The minimum Gasteiger partial charge on any atom is -0.193 e. The zero-order valence-corrected chi connectivity index (χ0v) is 8.77. The van der Waals surface area contributed by atoms with E-state index in [1.54, 1.807) is 11.3 Å². The van der Waals surface area contributed by atoms with E-state index in [-0.39, 0.29) is 0 Å². The molecule has 0 atom stereocenters. The van der Waals surface area contributed by atoms with Crippen molar-refractivity contribution in [2.75, 3.05) is 0 Å². The van der Waals surface area contributed by atoms with Crippen molar-refractivity contribution in [3.05, 3.63) is 41.3 Å². The van der Waals surface area contributed by atoms with E-state index in [1.165, 1.54) is 10.8 Å². The van der Waals surface area contributed by atoms with E-state index in [4.69, 9.17) is 16.9 Å². The Balaban J connectivity index is 2.65. The normalized spacial score (nSPS) is 11.6. The fourth-order valence-corrected chi connectivity index (χ4v) is 2.53. The molecule has 0 bridgehead atoms. The summed E-state index contributed by atoms with van der Waals surface area (Å²) in [7, 11) is 0. The third-order valence-electron chi connectivity index (χ3n) is 1.93. The molecule has 0 saturated carbocycles. The largest absolute Gasteiger partial charge is 0.193 e. The Morgan fingerprint density at radius 3 is 3.00 bits per heavy atom. The lowest BCUT2D eigenvalue weighted by molar-refractivity contribution is 1.54. The average Bonchev–Trinajstić information content (AvgIpc) is 2.61. The number of allylic oxidation sites excluding steroid dienone is 1. The first kappa shape index (κ1) is 9.26. The van der Waals surface area contributed by atoms with Crippen LogP contribution in [0.3, 0.4) is 0 Å². The maximum Gasteiger partial charge on any atom is 0.0927 e. The van der Waals surface area contributed by atoms with Gasteiger partial charge in [-0.1, -0.05) is 29.8 Å². The number of rotatable bonds is 1. The Morgan fingerprint density at radius 1 is 1.43 bits per heavy atom. The zero-order valence-electron chi connectivity index (χ0n) is 7.20. The summed E-state index contributed by atoms with van der Waals surface area (Å²) in [6.45, 7) is 0. The van der Waals surface area contributed by atoms with Crippen LogP contribution >= 0.6 is 22.9 Å². The second kappa shape index (κ2) is 3.83. The first-order valence-corrected chi connectivity index (χ1v) is 5.30. The van der Waals surface area contributed by atoms with Gasteiger partial charge in [0.25, 0.3) is 0 Å². The van der Waals surface area contributed by atoms with Crippen LogP contribution < -0.4 is 0 Å². The summed E-state index contributed by atoms with van der Waals surface area (Å²) in [6, 6.07) is 9.94. The molecule has 1 heterocycles. The van der Waals surface area contributed by atoms with E-state index in [0.29, 0.717) is 5.03 Å². The molecule has 0 N–H and O–H groups in total. The SMILES string of the molecule is N#C/C=C(/Cl)c1csc2ccccc12. The van der Waals surface area contributed by atoms with Gasteiger partial charge in [-0.15, -0.1) is 11.3 Å². The smallest absolute Gasteiger partial charge is 0.0927 e. The molecule has 0 spiro atoms. The minimum absolute atomic E-state index is 0.505. The predicted molar refractivity (Wildman–Crippen MR) is 61.3 cm³/mol. The molecule has 2 aromatic rings. The van der Waals surface area contributed by atoms with Gasteiger partial charge in [-0.3, -0.25) is 0 Å². The van der Waals surface area contributed by atoms with Crippen molar-refractivity contribution in [3.63, 3.8) is 0 Å². The number of nitriles is 1. The maximum atomic E-state index is 8.50. The molecule has 0 fully saturated rings. The third-order valence-corrected chi connectivity index (χ3v) is 3.21. The van der Waals surface area contributed by atoms with Crippen LogP contribution in [0.15, 0.2) is 35.7 Å². The fourth-order valence-electron chi connectivity index (χ4n) is 1.30. The Morgan fingerprint density at radius 2 is 2.21 bits per heavy atom. The standard InChI is InChI=1S/C11H6ClNS/c12-10(5-6-13)9-7-14-11-4-2-1-3-8(9)11/h1-5,7H/b10-5+. The number of hydrogen-bond donors (Lipinski definition) is 0. The van der Waals surface area contributed by atoms with Gasteiger partial charge in [0.1, 0.15) is 0 Å². The number of fused-ring (bicyclic) bond motifs is 1. The number of benzene rings is 1. The maximum absolute atomic E-state index is 8.50. The van der Waals surface area contributed by atoms with E-state index in [0.717, 1.165) is 10.9 Å². The molecule has 0 radical (unpaired) electrons. The summed E-state index contributed by atoms with van der Waals surface area (Å²) in [5.74, 6) is 0. The van der Waals surface area contributed by atoms with Crippen molar-refractivity contribution < 1.29 is 0 Å². The van der Waals surface area contributed by atoms with Gasteiger partial charge in [0.05, 0.1) is 11.1 Å². The van der Waals surface area contributed by atoms with E-state index in [2.05, 4.69) is 0 Å². The van der Waals surface area contributed by atoms with Gasteiger partial charge in [-0.2, -0.15) is 5.26 Å². The number of halogens is 1. The highest BCUT2D eigenvalue weighted by atomic mass is 35.5. The molecule has 0 unspecified atom stereocenters. The van der Waals surface area contributed by atoms with Gasteiger partial charge in [0.2, 0.25) is 0 Å². The summed E-state index contributed by atoms with van der Waals surface area (Å²) >= 11 is 7.61. The summed E-state index contributed by atoms with van der Waals surface area (Å²) < 4.78 is 1.19. The average molecular weight is 220 g/mol. The van der Waals surface area contributed by atoms with Crippen LogP contribution in [-0.2, 0) is 0 Å². The highest BCUT2D eigenvalue weighted by Crippen LogP contribution is 2.32. The molecule has 0 amide bonds. The molecular formula is C11H6ClNS. The number of thiophene rings is 1. The second-order valence-electron chi connectivity index (χ2n) is 2.77. The predicted octanol–water partition coefficient (Wildman–Crippen LogP) is 4.00. The van der Waals surface area contributed by atoms with Crippen LogP contribution in [0.1, 0.15) is 5.56 Å². The zero-order chi connectivity index (χ0) is 9.97. The highest BCUT2D eigenvalue weighted by Gasteiger charge is 2.05. The van der Waals surface area contributed by atoms with Crippen molar-refractivity contribution in [2.24, 2.45) is 0 Å². The highest BCUT2D eigenvalue weighted by molar-refractivity contribution is 7.17. The van der Waals surface area contributed by atoms with Gasteiger partial charge in [0.15, 0.2) is 0 Å². The first-order chi connectivity index (χ1) is 6.83. The Kier molecular flexibility index (Phi) is 2.53. The van der Waals surface area contributed by atoms with Crippen LogP contribution in [0.5, 0.6) is 0 Å². The molecule has 14 heavy (non-hydrogen) atoms. The second-order valence-corrected chi connectivity index (χ2v) is 4.09. The quantitative estimate of drug-likeness (QED) is 0.665. The summed E-state index contributed by atoms with van der Waals surface area (Å²) in [5.41, 5.74) is 0.939. The summed E-state index contributed by atoms with van der Waals surface area (Å²) in [4.78, 5) is 0. The van der Waals surface area contributed by atoms with Crippen molar-refractivity contribution in [3.8, 4) is 6.07 Å². The van der Waals surface area contributed by atoms with Gasteiger partial charge in [-0.25, -0.2) is 0 Å². The first-order valence-electron chi connectivity index (χ1n) is 4.05. The lowest BCUT2D eigenvalue weighted by atomic mass is 10.1. The molecule has 3 heteroatoms. The molecule has 0 saturated heterocycles. The van der Waals surface area contributed by atoms with E-state index in [9.17, 15) is 0 Å². The monoisotopic (exact) mass is 219 g/mol. The van der Waals surface area contributed by atoms with Crippen LogP contribution in [0.4, 0.5) is 0 Å². The third kappa shape index (κ3) is 1.52. The molecule has 1 aromatic heterocycles. The van der Waals surface area contributed by atoms with E-state index in [1.807, 2.05) is 35.7 Å². The van der Waals surface area contributed by atoms with E-state index >= 15 is 0 Å². The molecule has 0 aliphatic carbocycles. The molecule has 0 aliphatic heterocycles. The molecule has 68 valence electrons. The topological polar surface area (TPSA) is 23.8 Å². The molecule has 2 rings (SSSR count). The lowest BCUT2D eigenvalue weighted by Gasteiger charge is -1.94. The van der Waals surface area contributed by atoms with E-state index < -0.39 is 0 Å². The molecular weight excluding hydrogens is 214 g/mol. The van der Waals surface area contributed by atoms with Gasteiger partial charge < -0.3 is 0 Å². The minimum atomic E-state index is 0.505. The van der Waals surface area contributed by atoms with Crippen molar-refractivity contribution in [1.82, 2.24) is 0 Å². The summed E-state index contributed by atoms with van der Waals surface area (Å²) in [5, 5.41) is 12.1. The van der Waals surface area contributed by atoms with Crippen molar-refractivity contribution in [1.29, 1.82) is 5.26 Å². The Labute approximate surface area is 90.9 Å². The molecule has 0 aliphatic rings. The van der Waals surface area contributed by atoms with Gasteiger partial charge in [-0.05, 0) is 6.07 Å². The molecule has 1 aromatic carbocycles. The van der Waals surface area contributed by atoms with Crippen LogP contribution in [0, 0.1) is 11.3 Å². The van der Waals surface area contributed by atoms with Crippen LogP contribution in [0.25, 0.3) is 15.1 Å². The Bertz CT molecular complexity index is 533. The van der Waals surface area contributed by atoms with Crippen LogP contribution in [-0.4, -0.2) is 0 Å². The van der Waals surface area contributed by atoms with Crippen molar-refractivity contribution >= 4 is 38.1 Å². The number of hydrogen-bond acceptors (Lipinski definition) is 2. The molecule has 1 nitrogen and oxygen atoms in total. The number of nitrogens with zero attached hydrogens (tertiary/aromatic N) is 1. The Hall–Kier alpha value is -1.30. The summed E-state index contributed by atoms with van der Waals surface area (Å²) in [6.07, 6.45) is 1.36. The van der Waals surface area contributed by atoms with Crippen molar-refractivity contribution in [2.45, 2.75) is 0 Å².